The Morgan fingerprint density at radius 1 is 0.774 bits per heavy atom. The van der Waals surface area contributed by atoms with Crippen molar-refractivity contribution in [2.75, 3.05) is 20.8 Å². The minimum atomic E-state index is -0.968. The summed E-state index contributed by atoms with van der Waals surface area (Å²) in [6, 6.07) is 4.18. The molecule has 3 nitrogen and oxygen atoms in total. The molecule has 0 heterocycles. The molecule has 0 aliphatic carbocycles. The van der Waals surface area contributed by atoms with E-state index in [0.717, 1.165) is 56.9 Å². The molecule has 5 heteroatoms. The second-order valence-corrected chi connectivity index (χ2v) is 8.40. The Labute approximate surface area is 188 Å². The second-order valence-electron chi connectivity index (χ2n) is 8.40. The quantitative estimate of drug-likeness (QED) is 0.161. The van der Waals surface area contributed by atoms with Crippen LogP contribution in [0.1, 0.15) is 96.5 Å². The predicted octanol–water partition coefficient (Wildman–Crippen LogP) is 7.81. The first-order chi connectivity index (χ1) is 15.0. The lowest BCUT2D eigenvalue weighted by Gasteiger charge is -2.37. The zero-order valence-electron chi connectivity index (χ0n) is 20.2. The van der Waals surface area contributed by atoms with Crippen molar-refractivity contribution in [3.63, 3.8) is 0 Å². The van der Waals surface area contributed by atoms with Crippen LogP contribution in [0, 0.1) is 17.6 Å². The first-order valence-corrected chi connectivity index (χ1v) is 12.2. The van der Waals surface area contributed by atoms with E-state index in [2.05, 4.69) is 6.92 Å². The number of ether oxygens (including phenoxy) is 3. The third-order valence-corrected chi connectivity index (χ3v) is 6.07. The number of hydrogen-bond donors (Lipinski definition) is 0. The summed E-state index contributed by atoms with van der Waals surface area (Å²) in [5, 5.41) is 0. The van der Waals surface area contributed by atoms with Crippen LogP contribution in [0.15, 0.2) is 18.2 Å². The van der Waals surface area contributed by atoms with E-state index in [4.69, 9.17) is 14.2 Å². The molecular formula is C26H44F2O3. The highest BCUT2D eigenvalue weighted by atomic mass is 19.2. The average molecular weight is 443 g/mol. The minimum Gasteiger partial charge on any atom is -0.331 e. The zero-order chi connectivity index (χ0) is 23.0. The topological polar surface area (TPSA) is 27.7 Å². The van der Waals surface area contributed by atoms with Crippen LogP contribution in [0.3, 0.4) is 0 Å². The predicted molar refractivity (Wildman–Crippen MR) is 123 cm³/mol. The molecule has 0 radical (unpaired) electrons. The molecule has 0 saturated heterocycles. The van der Waals surface area contributed by atoms with Crippen LogP contribution in [0.2, 0.25) is 0 Å². The van der Waals surface area contributed by atoms with Gasteiger partial charge < -0.3 is 14.2 Å². The van der Waals surface area contributed by atoms with Gasteiger partial charge in [-0.25, -0.2) is 8.78 Å². The van der Waals surface area contributed by atoms with Crippen LogP contribution in [-0.4, -0.2) is 26.8 Å². The third-order valence-electron chi connectivity index (χ3n) is 6.07. The van der Waals surface area contributed by atoms with E-state index < -0.39 is 17.6 Å². The Hall–Kier alpha value is -1.04. The smallest absolute Gasteiger partial charge is 0.285 e. The molecule has 0 saturated carbocycles. The lowest BCUT2D eigenvalue weighted by Crippen LogP contribution is -2.45. The van der Waals surface area contributed by atoms with Gasteiger partial charge in [-0.3, -0.25) is 0 Å². The Bertz CT molecular complexity index is 576. The number of benzene rings is 1. The van der Waals surface area contributed by atoms with Crippen molar-refractivity contribution in [2.24, 2.45) is 5.92 Å². The Morgan fingerprint density at radius 2 is 1.35 bits per heavy atom. The minimum absolute atomic E-state index is 0.194. The maximum atomic E-state index is 13.3. The molecule has 0 bridgehead atoms. The van der Waals surface area contributed by atoms with E-state index in [1.165, 1.54) is 44.2 Å². The van der Waals surface area contributed by atoms with Crippen LogP contribution < -0.4 is 0 Å². The largest absolute Gasteiger partial charge is 0.331 e. The van der Waals surface area contributed by atoms with Crippen molar-refractivity contribution in [3.8, 4) is 0 Å². The fourth-order valence-electron chi connectivity index (χ4n) is 4.29. The lowest BCUT2D eigenvalue weighted by atomic mass is 9.91. The molecule has 0 aliphatic heterocycles. The van der Waals surface area contributed by atoms with Crippen molar-refractivity contribution in [3.05, 3.63) is 35.4 Å². The summed E-state index contributed by atoms with van der Waals surface area (Å²) in [6.07, 6.45) is 14.5. The molecule has 1 aromatic rings. The summed E-state index contributed by atoms with van der Waals surface area (Å²) < 4.78 is 43.7. The number of aryl methyl sites for hydroxylation is 1. The first kappa shape index (κ1) is 28.0. The van der Waals surface area contributed by atoms with E-state index in [0.29, 0.717) is 6.61 Å². The molecule has 0 amide bonds. The first-order valence-electron chi connectivity index (χ1n) is 12.2. The molecule has 31 heavy (non-hydrogen) atoms. The third kappa shape index (κ3) is 10.4. The van der Waals surface area contributed by atoms with Gasteiger partial charge in [0.2, 0.25) is 0 Å². The van der Waals surface area contributed by atoms with Crippen molar-refractivity contribution in [2.45, 2.75) is 103 Å². The number of methoxy groups -OCH3 is 2. The van der Waals surface area contributed by atoms with Crippen LogP contribution in [0.4, 0.5) is 8.78 Å². The van der Waals surface area contributed by atoms with Gasteiger partial charge in [0.05, 0.1) is 0 Å². The Kier molecular flexibility index (Phi) is 15.0. The number of rotatable bonds is 19. The number of halogens is 2. The van der Waals surface area contributed by atoms with Crippen LogP contribution in [0.5, 0.6) is 0 Å². The van der Waals surface area contributed by atoms with E-state index in [9.17, 15) is 8.78 Å². The molecule has 180 valence electrons. The standard InChI is InChI=1S/C26H44F2O3/c1-5-7-8-9-10-14-17-23(26(29-3,30-4)31-6-2)18-15-12-11-13-16-22-19-20-24(27)25(28)21-22/h19-21,23H,5-18H2,1-4H3. The fraction of sp³-hybridized carbons (Fsp3) is 0.769. The van der Waals surface area contributed by atoms with Gasteiger partial charge in [-0.15, -0.1) is 0 Å². The summed E-state index contributed by atoms with van der Waals surface area (Å²) in [5.41, 5.74) is 0.856. The van der Waals surface area contributed by atoms with Crippen molar-refractivity contribution < 1.29 is 23.0 Å². The highest BCUT2D eigenvalue weighted by Crippen LogP contribution is 2.33. The maximum absolute atomic E-state index is 13.3. The molecule has 0 N–H and O–H groups in total. The van der Waals surface area contributed by atoms with Gasteiger partial charge in [-0.2, -0.15) is 0 Å². The van der Waals surface area contributed by atoms with Crippen molar-refractivity contribution in [1.29, 1.82) is 0 Å². The summed E-state index contributed by atoms with van der Waals surface area (Å²) in [4.78, 5) is 0. The number of unbranched alkanes of at least 4 members (excludes halogenated alkanes) is 8. The zero-order valence-corrected chi connectivity index (χ0v) is 20.2. The molecule has 1 atom stereocenters. The maximum Gasteiger partial charge on any atom is 0.285 e. The van der Waals surface area contributed by atoms with Crippen molar-refractivity contribution >= 4 is 0 Å². The van der Waals surface area contributed by atoms with Gasteiger partial charge in [0.25, 0.3) is 5.97 Å². The van der Waals surface area contributed by atoms with Crippen molar-refractivity contribution in [1.82, 2.24) is 0 Å². The van der Waals surface area contributed by atoms with E-state index in [1.807, 2.05) is 6.92 Å². The van der Waals surface area contributed by atoms with Gasteiger partial charge in [0, 0.05) is 26.7 Å². The van der Waals surface area contributed by atoms with Gasteiger partial charge in [0.15, 0.2) is 11.6 Å². The molecule has 0 fully saturated rings. The molecule has 1 rings (SSSR count). The van der Waals surface area contributed by atoms with Crippen LogP contribution in [-0.2, 0) is 20.6 Å². The monoisotopic (exact) mass is 442 g/mol. The molecule has 0 spiro atoms. The van der Waals surface area contributed by atoms with Crippen LogP contribution >= 0.6 is 0 Å². The Balaban J connectivity index is 2.45. The molecule has 0 aliphatic rings. The SMILES string of the molecule is CCCCCCCCC(CCCCCCc1ccc(F)c(F)c1)C(OC)(OC)OCC. The molecule has 1 unspecified atom stereocenters. The van der Waals surface area contributed by atoms with Crippen LogP contribution in [0.25, 0.3) is 0 Å². The number of hydrogen-bond acceptors (Lipinski definition) is 3. The van der Waals surface area contributed by atoms with E-state index in [1.54, 1.807) is 20.3 Å². The van der Waals surface area contributed by atoms with Gasteiger partial charge in [0.1, 0.15) is 0 Å². The highest BCUT2D eigenvalue weighted by Gasteiger charge is 2.39. The fourth-order valence-corrected chi connectivity index (χ4v) is 4.29. The Morgan fingerprint density at radius 3 is 1.90 bits per heavy atom. The summed E-state index contributed by atoms with van der Waals surface area (Å²) in [6.45, 7) is 4.75. The normalized spacial score (nSPS) is 13.0. The summed E-state index contributed by atoms with van der Waals surface area (Å²) in [5.74, 6) is -2.32. The molecule has 0 aromatic heterocycles. The van der Waals surface area contributed by atoms with Gasteiger partial charge in [-0.05, 0) is 50.3 Å². The van der Waals surface area contributed by atoms with E-state index >= 15 is 0 Å². The van der Waals surface area contributed by atoms with Gasteiger partial charge >= 0.3 is 0 Å². The van der Waals surface area contributed by atoms with Gasteiger partial charge in [-0.1, -0.05) is 70.8 Å². The molecular weight excluding hydrogens is 398 g/mol. The summed E-state index contributed by atoms with van der Waals surface area (Å²) >= 11 is 0. The second kappa shape index (κ2) is 16.6. The highest BCUT2D eigenvalue weighted by molar-refractivity contribution is 5.17. The summed E-state index contributed by atoms with van der Waals surface area (Å²) in [7, 11) is 3.32. The van der Waals surface area contributed by atoms with E-state index in [-0.39, 0.29) is 5.92 Å². The lowest BCUT2D eigenvalue weighted by molar-refractivity contribution is -0.388. The molecule has 1 aromatic carbocycles. The average Bonchev–Trinajstić information content (AvgIpc) is 2.78.